The highest BCUT2D eigenvalue weighted by molar-refractivity contribution is 5.29. The monoisotopic (exact) mass is 316 g/mol. The van der Waals surface area contributed by atoms with Gasteiger partial charge in [0.1, 0.15) is 0 Å². The third-order valence-corrected chi connectivity index (χ3v) is 5.49. The average molecular weight is 317 g/mol. The minimum absolute atomic E-state index is 0.445. The summed E-state index contributed by atoms with van der Waals surface area (Å²) in [6.45, 7) is 5.82. The van der Waals surface area contributed by atoms with Crippen molar-refractivity contribution in [1.29, 1.82) is 0 Å². The first-order chi connectivity index (χ1) is 11.1. The van der Waals surface area contributed by atoms with E-state index in [1.807, 2.05) is 0 Å². The summed E-state index contributed by atoms with van der Waals surface area (Å²) in [4.78, 5) is 2.59. The largest absolute Gasteiger partial charge is 0.328 e. The predicted molar refractivity (Wildman–Crippen MR) is 101 cm³/mol. The number of rotatable bonds is 7. The van der Waals surface area contributed by atoms with Crippen LogP contribution in [0, 0.1) is 0 Å². The van der Waals surface area contributed by atoms with E-state index in [9.17, 15) is 0 Å². The van der Waals surface area contributed by atoms with Crippen molar-refractivity contribution < 1.29 is 0 Å². The molecular weight excluding hydrogens is 280 g/mol. The second-order valence-electron chi connectivity index (χ2n) is 7.71. The summed E-state index contributed by atoms with van der Waals surface area (Å²) < 4.78 is 0. The van der Waals surface area contributed by atoms with Crippen LogP contribution in [0.25, 0.3) is 0 Å². The van der Waals surface area contributed by atoms with Gasteiger partial charge in [-0.3, -0.25) is 0 Å². The SMILES string of the molecule is CC(C)c1ccccc1CCCCN(C)C1CCCC(N)CC1. The lowest BCUT2D eigenvalue weighted by atomic mass is 9.94. The molecule has 0 spiro atoms. The van der Waals surface area contributed by atoms with Crippen molar-refractivity contribution in [3.8, 4) is 0 Å². The molecule has 1 saturated carbocycles. The van der Waals surface area contributed by atoms with Gasteiger partial charge >= 0.3 is 0 Å². The molecule has 2 heteroatoms. The topological polar surface area (TPSA) is 29.3 Å². The molecule has 130 valence electrons. The summed E-state index contributed by atoms with van der Waals surface area (Å²) in [5.41, 5.74) is 9.18. The minimum Gasteiger partial charge on any atom is -0.328 e. The molecule has 23 heavy (non-hydrogen) atoms. The molecule has 0 bridgehead atoms. The van der Waals surface area contributed by atoms with E-state index in [-0.39, 0.29) is 0 Å². The van der Waals surface area contributed by atoms with Crippen molar-refractivity contribution in [3.05, 3.63) is 35.4 Å². The fourth-order valence-electron chi connectivity index (χ4n) is 3.94. The molecule has 0 heterocycles. The minimum atomic E-state index is 0.445. The van der Waals surface area contributed by atoms with E-state index >= 15 is 0 Å². The average Bonchev–Trinajstić information content (AvgIpc) is 2.76. The molecule has 2 N–H and O–H groups in total. The zero-order valence-electron chi connectivity index (χ0n) is 15.4. The van der Waals surface area contributed by atoms with Gasteiger partial charge in [-0.2, -0.15) is 0 Å². The maximum atomic E-state index is 6.10. The Kier molecular flexibility index (Phi) is 7.58. The highest BCUT2D eigenvalue weighted by atomic mass is 15.1. The first-order valence-electron chi connectivity index (χ1n) is 9.61. The standard InChI is InChI=1S/C21H36N2/c1-17(2)21-13-5-4-9-18(21)10-6-7-16-23(3)20-12-8-11-19(22)14-15-20/h4-5,9,13,17,19-20H,6-8,10-12,14-16,22H2,1-3H3. The predicted octanol–water partition coefficient (Wildman–Crippen LogP) is 4.72. The fourth-order valence-corrected chi connectivity index (χ4v) is 3.94. The lowest BCUT2D eigenvalue weighted by Crippen LogP contribution is -2.32. The maximum Gasteiger partial charge on any atom is 0.00927 e. The summed E-state index contributed by atoms with van der Waals surface area (Å²) in [5, 5.41) is 0. The van der Waals surface area contributed by atoms with Crippen LogP contribution in [0.5, 0.6) is 0 Å². The summed E-state index contributed by atoms with van der Waals surface area (Å²) in [5.74, 6) is 0.629. The van der Waals surface area contributed by atoms with Gasteiger partial charge in [0.2, 0.25) is 0 Å². The first kappa shape index (κ1) is 18.5. The van der Waals surface area contributed by atoms with Crippen LogP contribution < -0.4 is 5.73 Å². The van der Waals surface area contributed by atoms with Crippen molar-refractivity contribution in [1.82, 2.24) is 4.90 Å². The van der Waals surface area contributed by atoms with Gasteiger partial charge in [0.25, 0.3) is 0 Å². The zero-order valence-corrected chi connectivity index (χ0v) is 15.4. The Labute approximate surface area is 143 Å². The van der Waals surface area contributed by atoms with Crippen molar-refractivity contribution in [2.45, 2.75) is 83.2 Å². The van der Waals surface area contributed by atoms with Gasteiger partial charge in [-0.1, -0.05) is 44.5 Å². The molecule has 2 atom stereocenters. The van der Waals surface area contributed by atoms with E-state index in [0.717, 1.165) is 6.04 Å². The van der Waals surface area contributed by atoms with Gasteiger partial charge in [0.15, 0.2) is 0 Å². The van der Waals surface area contributed by atoms with Crippen LogP contribution in [0.15, 0.2) is 24.3 Å². The van der Waals surface area contributed by atoms with E-state index < -0.39 is 0 Å². The van der Waals surface area contributed by atoms with E-state index in [2.05, 4.69) is 50.1 Å². The Balaban J connectivity index is 1.73. The Morgan fingerprint density at radius 1 is 1.09 bits per heavy atom. The third-order valence-electron chi connectivity index (χ3n) is 5.49. The number of nitrogens with zero attached hydrogens (tertiary/aromatic N) is 1. The second-order valence-corrected chi connectivity index (χ2v) is 7.71. The van der Waals surface area contributed by atoms with Crippen LogP contribution >= 0.6 is 0 Å². The van der Waals surface area contributed by atoms with Gasteiger partial charge in [0.05, 0.1) is 0 Å². The van der Waals surface area contributed by atoms with Crippen LogP contribution in [-0.2, 0) is 6.42 Å². The number of aryl methyl sites for hydroxylation is 1. The van der Waals surface area contributed by atoms with Crippen molar-refractivity contribution in [2.75, 3.05) is 13.6 Å². The molecule has 2 rings (SSSR count). The fraction of sp³-hybridized carbons (Fsp3) is 0.714. The molecule has 1 aliphatic rings. The summed E-state index contributed by atoms with van der Waals surface area (Å²) >= 11 is 0. The zero-order chi connectivity index (χ0) is 16.7. The number of nitrogens with two attached hydrogens (primary N) is 1. The molecule has 1 aliphatic carbocycles. The molecule has 2 nitrogen and oxygen atoms in total. The van der Waals surface area contributed by atoms with E-state index in [1.54, 1.807) is 5.56 Å². The Hall–Kier alpha value is -0.860. The Bertz CT molecular complexity index is 455. The van der Waals surface area contributed by atoms with Crippen LogP contribution in [-0.4, -0.2) is 30.6 Å². The Morgan fingerprint density at radius 3 is 2.65 bits per heavy atom. The van der Waals surface area contributed by atoms with Crippen molar-refractivity contribution in [2.24, 2.45) is 5.73 Å². The number of unbranched alkanes of at least 4 members (excludes halogenated alkanes) is 1. The lowest BCUT2D eigenvalue weighted by molar-refractivity contribution is 0.216. The second kappa shape index (κ2) is 9.44. The van der Waals surface area contributed by atoms with Crippen molar-refractivity contribution >= 4 is 0 Å². The van der Waals surface area contributed by atoms with E-state index in [4.69, 9.17) is 5.73 Å². The van der Waals surface area contributed by atoms with Crippen LogP contribution in [0.1, 0.15) is 75.8 Å². The number of hydrogen-bond acceptors (Lipinski definition) is 2. The maximum absolute atomic E-state index is 6.10. The highest BCUT2D eigenvalue weighted by Gasteiger charge is 2.19. The molecule has 0 amide bonds. The summed E-state index contributed by atoms with van der Waals surface area (Å²) in [6, 6.07) is 10.2. The van der Waals surface area contributed by atoms with Gasteiger partial charge in [0, 0.05) is 12.1 Å². The lowest BCUT2D eigenvalue weighted by Gasteiger charge is -2.27. The molecule has 0 saturated heterocycles. The molecule has 0 radical (unpaired) electrons. The molecule has 1 fully saturated rings. The first-order valence-corrected chi connectivity index (χ1v) is 9.61. The quantitative estimate of drug-likeness (QED) is 0.582. The van der Waals surface area contributed by atoms with Crippen molar-refractivity contribution in [3.63, 3.8) is 0 Å². The molecule has 0 aliphatic heterocycles. The smallest absolute Gasteiger partial charge is 0.00927 e. The van der Waals surface area contributed by atoms with Gasteiger partial charge in [-0.05, 0) is 75.6 Å². The summed E-state index contributed by atoms with van der Waals surface area (Å²) in [6.07, 6.45) is 10.2. The van der Waals surface area contributed by atoms with Gasteiger partial charge in [-0.15, -0.1) is 0 Å². The van der Waals surface area contributed by atoms with E-state index in [0.29, 0.717) is 12.0 Å². The van der Waals surface area contributed by atoms with Crippen LogP contribution in [0.2, 0.25) is 0 Å². The van der Waals surface area contributed by atoms with Crippen LogP contribution in [0.4, 0.5) is 0 Å². The number of benzene rings is 1. The Morgan fingerprint density at radius 2 is 1.87 bits per heavy atom. The molecule has 1 aromatic carbocycles. The summed E-state index contributed by atoms with van der Waals surface area (Å²) in [7, 11) is 2.31. The molecule has 1 aromatic rings. The molecule has 0 aromatic heterocycles. The molecular formula is C21H36N2. The highest BCUT2D eigenvalue weighted by Crippen LogP contribution is 2.22. The number of hydrogen-bond donors (Lipinski definition) is 1. The van der Waals surface area contributed by atoms with E-state index in [1.165, 1.54) is 63.5 Å². The molecule has 2 unspecified atom stereocenters. The third kappa shape index (κ3) is 5.93. The normalized spacial score (nSPS) is 22.5. The van der Waals surface area contributed by atoms with Crippen LogP contribution in [0.3, 0.4) is 0 Å². The van der Waals surface area contributed by atoms with Gasteiger partial charge in [-0.25, -0.2) is 0 Å². The van der Waals surface area contributed by atoms with Gasteiger partial charge < -0.3 is 10.6 Å².